The van der Waals surface area contributed by atoms with Crippen molar-refractivity contribution in [3.05, 3.63) is 98.5 Å². The summed E-state index contributed by atoms with van der Waals surface area (Å²) in [6.45, 7) is 2.33. The molecule has 7 nitrogen and oxygen atoms in total. The van der Waals surface area contributed by atoms with Crippen molar-refractivity contribution >= 4 is 23.5 Å². The minimum Gasteiger partial charge on any atom is -0.383 e. The average molecular weight is 436 g/mol. The highest BCUT2D eigenvalue weighted by Crippen LogP contribution is 2.19. The van der Waals surface area contributed by atoms with Gasteiger partial charge >= 0.3 is 5.69 Å². The van der Waals surface area contributed by atoms with E-state index in [1.807, 2.05) is 37.3 Å². The van der Waals surface area contributed by atoms with Gasteiger partial charge in [-0.1, -0.05) is 55.8 Å². The summed E-state index contributed by atoms with van der Waals surface area (Å²) >= 11 is 0. The minimum absolute atomic E-state index is 0.0807. The summed E-state index contributed by atoms with van der Waals surface area (Å²) in [6.07, 6.45) is 4.12. The summed E-state index contributed by atoms with van der Waals surface area (Å²) in [7, 11) is 0. The summed E-state index contributed by atoms with van der Waals surface area (Å²) in [5, 5.41) is 0. The van der Waals surface area contributed by atoms with Gasteiger partial charge in [-0.05, 0) is 35.8 Å². The zero-order valence-electron chi connectivity index (χ0n) is 17.8. The van der Waals surface area contributed by atoms with Crippen LogP contribution in [0.3, 0.4) is 0 Å². The van der Waals surface area contributed by atoms with Crippen LogP contribution >= 0.6 is 0 Å². The van der Waals surface area contributed by atoms with E-state index in [0.29, 0.717) is 12.0 Å². The number of nitrogen functional groups attached to an aromatic ring is 1. The Labute approximate surface area is 184 Å². The maximum absolute atomic E-state index is 13.4. The number of amides is 1. The second-order valence-corrected chi connectivity index (χ2v) is 7.30. The number of aromatic nitrogens is 2. The maximum atomic E-state index is 13.4. The van der Waals surface area contributed by atoms with Crippen LogP contribution in [0.4, 0.5) is 15.9 Å². The number of carbonyl (C=O) groups is 1. The number of H-pyrrole nitrogens is 1. The van der Waals surface area contributed by atoms with Crippen LogP contribution in [0.1, 0.15) is 30.9 Å². The molecule has 0 aliphatic carbocycles. The molecule has 0 saturated heterocycles. The predicted molar refractivity (Wildman–Crippen MR) is 124 cm³/mol. The number of nitrogens with one attached hydrogen (secondary N) is 1. The Hall–Kier alpha value is -3.94. The monoisotopic (exact) mass is 436 g/mol. The molecule has 0 spiro atoms. The number of unbranched alkanes of at least 4 members (excludes halogenated alkanes) is 1. The van der Waals surface area contributed by atoms with E-state index >= 15 is 0 Å². The van der Waals surface area contributed by atoms with Gasteiger partial charge in [0, 0.05) is 12.6 Å². The normalized spacial score (nSPS) is 11.1. The van der Waals surface area contributed by atoms with E-state index < -0.39 is 23.0 Å². The Bertz CT molecular complexity index is 1230. The molecule has 166 valence electrons. The van der Waals surface area contributed by atoms with E-state index in [-0.39, 0.29) is 24.6 Å². The van der Waals surface area contributed by atoms with Crippen LogP contribution in [-0.2, 0) is 11.3 Å². The highest BCUT2D eigenvalue weighted by molar-refractivity contribution is 6.05. The van der Waals surface area contributed by atoms with Crippen molar-refractivity contribution < 1.29 is 9.18 Å². The number of anilines is 2. The second kappa shape index (κ2) is 10.4. The van der Waals surface area contributed by atoms with Gasteiger partial charge in [0.05, 0.1) is 6.54 Å². The number of benzene rings is 2. The van der Waals surface area contributed by atoms with E-state index in [2.05, 4.69) is 4.98 Å². The number of hydrogen-bond donors (Lipinski definition) is 2. The van der Waals surface area contributed by atoms with Gasteiger partial charge < -0.3 is 10.6 Å². The number of carbonyl (C=O) groups excluding carboxylic acids is 1. The van der Waals surface area contributed by atoms with Crippen molar-refractivity contribution in [2.75, 3.05) is 17.2 Å². The van der Waals surface area contributed by atoms with Gasteiger partial charge in [-0.15, -0.1) is 0 Å². The Kier molecular flexibility index (Phi) is 7.38. The smallest absolute Gasteiger partial charge is 0.330 e. The fraction of sp³-hybridized carbons (Fsp3) is 0.208. The molecule has 1 heterocycles. The van der Waals surface area contributed by atoms with Crippen LogP contribution < -0.4 is 21.9 Å². The third-order valence-corrected chi connectivity index (χ3v) is 4.94. The number of nitrogens with zero attached hydrogens (tertiary/aromatic N) is 2. The molecule has 0 saturated carbocycles. The lowest BCUT2D eigenvalue weighted by molar-refractivity contribution is -0.114. The fourth-order valence-electron chi connectivity index (χ4n) is 3.28. The first-order valence-electron chi connectivity index (χ1n) is 10.3. The molecule has 0 bridgehead atoms. The lowest BCUT2D eigenvalue weighted by atomic mass is 10.2. The molecule has 2 aromatic carbocycles. The Balaban J connectivity index is 2.01. The molecular weight excluding hydrogens is 411 g/mol. The number of hydrogen-bond acceptors (Lipinski definition) is 4. The van der Waals surface area contributed by atoms with E-state index in [4.69, 9.17) is 5.73 Å². The molecule has 0 aliphatic heterocycles. The van der Waals surface area contributed by atoms with Crippen LogP contribution in [0.15, 0.2) is 70.3 Å². The molecule has 3 N–H and O–H groups in total. The minimum atomic E-state index is -0.736. The third kappa shape index (κ3) is 5.40. The molecule has 0 unspecified atom stereocenters. The molecule has 1 amide bonds. The molecule has 0 atom stereocenters. The van der Waals surface area contributed by atoms with Gasteiger partial charge in [0.15, 0.2) is 5.69 Å². The van der Waals surface area contributed by atoms with Crippen LogP contribution in [0, 0.1) is 5.82 Å². The maximum Gasteiger partial charge on any atom is 0.330 e. The highest BCUT2D eigenvalue weighted by Gasteiger charge is 2.22. The Morgan fingerprint density at radius 3 is 2.59 bits per heavy atom. The number of rotatable bonds is 8. The van der Waals surface area contributed by atoms with Crippen molar-refractivity contribution in [2.24, 2.45) is 0 Å². The number of halogens is 1. The predicted octanol–water partition coefficient (Wildman–Crippen LogP) is 3.15. The zero-order chi connectivity index (χ0) is 23.1. The van der Waals surface area contributed by atoms with Crippen LogP contribution in [0.25, 0.3) is 6.08 Å². The quantitative estimate of drug-likeness (QED) is 0.530. The molecule has 32 heavy (non-hydrogen) atoms. The standard InChI is InChI=1S/C24H25FN4O3/c1-2-3-14-28(20(30)13-12-17-10-7-11-19(25)15-17)21-22(26)29(24(32)27-23(21)31)16-18-8-5-4-6-9-18/h4-13,15H,2-3,14,16,26H2,1H3,(H,27,31,32). The molecule has 3 rings (SSSR count). The molecule has 8 heteroatoms. The lowest BCUT2D eigenvalue weighted by Crippen LogP contribution is -2.41. The van der Waals surface area contributed by atoms with E-state index in [9.17, 15) is 18.8 Å². The largest absolute Gasteiger partial charge is 0.383 e. The zero-order valence-corrected chi connectivity index (χ0v) is 17.8. The first-order chi connectivity index (χ1) is 15.4. The van der Waals surface area contributed by atoms with Crippen LogP contribution in [0.2, 0.25) is 0 Å². The molecule has 3 aromatic rings. The second-order valence-electron chi connectivity index (χ2n) is 7.30. The Morgan fingerprint density at radius 2 is 1.91 bits per heavy atom. The lowest BCUT2D eigenvalue weighted by Gasteiger charge is -2.23. The van der Waals surface area contributed by atoms with E-state index in [1.165, 1.54) is 39.8 Å². The van der Waals surface area contributed by atoms with Crippen molar-refractivity contribution in [2.45, 2.75) is 26.3 Å². The summed E-state index contributed by atoms with van der Waals surface area (Å²) in [5.41, 5.74) is 6.10. The molecular formula is C24H25FN4O3. The van der Waals surface area contributed by atoms with Gasteiger partial charge in [0.2, 0.25) is 0 Å². The fourth-order valence-corrected chi connectivity index (χ4v) is 3.28. The molecule has 0 fully saturated rings. The van der Waals surface area contributed by atoms with Crippen LogP contribution in [-0.4, -0.2) is 22.0 Å². The van der Waals surface area contributed by atoms with E-state index in [0.717, 1.165) is 12.0 Å². The number of nitrogens with two attached hydrogens (primary N) is 1. The Morgan fingerprint density at radius 1 is 1.16 bits per heavy atom. The summed E-state index contributed by atoms with van der Waals surface area (Å²) in [4.78, 5) is 41.7. The highest BCUT2D eigenvalue weighted by atomic mass is 19.1. The van der Waals surface area contributed by atoms with Gasteiger partial charge in [0.25, 0.3) is 11.5 Å². The average Bonchev–Trinajstić information content (AvgIpc) is 2.78. The SMILES string of the molecule is CCCCN(C(=O)C=Cc1cccc(F)c1)c1c(N)n(Cc2ccccc2)c(=O)[nH]c1=O. The van der Waals surface area contributed by atoms with Crippen LogP contribution in [0.5, 0.6) is 0 Å². The van der Waals surface area contributed by atoms with Crippen molar-refractivity contribution in [1.29, 1.82) is 0 Å². The van der Waals surface area contributed by atoms with Crippen molar-refractivity contribution in [3.63, 3.8) is 0 Å². The van der Waals surface area contributed by atoms with Gasteiger partial charge in [0.1, 0.15) is 11.6 Å². The third-order valence-electron chi connectivity index (χ3n) is 4.94. The van der Waals surface area contributed by atoms with Crippen molar-refractivity contribution in [3.8, 4) is 0 Å². The summed E-state index contributed by atoms with van der Waals surface area (Å²) in [5.74, 6) is -1.01. The number of aromatic amines is 1. The summed E-state index contributed by atoms with van der Waals surface area (Å²) in [6, 6.07) is 15.0. The summed E-state index contributed by atoms with van der Waals surface area (Å²) < 4.78 is 14.7. The van der Waals surface area contributed by atoms with Gasteiger partial charge in [-0.3, -0.25) is 19.1 Å². The van der Waals surface area contributed by atoms with Gasteiger partial charge in [-0.25, -0.2) is 9.18 Å². The van der Waals surface area contributed by atoms with Crippen molar-refractivity contribution in [1.82, 2.24) is 9.55 Å². The first kappa shape index (κ1) is 22.7. The topological polar surface area (TPSA) is 101 Å². The molecule has 0 radical (unpaired) electrons. The molecule has 0 aliphatic rings. The first-order valence-corrected chi connectivity index (χ1v) is 10.3. The molecule has 1 aromatic heterocycles. The van der Waals surface area contributed by atoms with E-state index in [1.54, 1.807) is 6.07 Å². The van der Waals surface area contributed by atoms with Gasteiger partial charge in [-0.2, -0.15) is 0 Å².